The molecule has 0 bridgehead atoms. The molecule has 102 valence electrons. The van der Waals surface area contributed by atoms with E-state index in [9.17, 15) is 20.1 Å². The van der Waals surface area contributed by atoms with Crippen LogP contribution in [0.3, 0.4) is 0 Å². The molecule has 0 fully saturated rings. The summed E-state index contributed by atoms with van der Waals surface area (Å²) in [5.74, 6) is -0.348. The Balaban J connectivity index is 2.88. The highest BCUT2D eigenvalue weighted by Gasteiger charge is 2.33. The van der Waals surface area contributed by atoms with Crippen molar-refractivity contribution >= 4 is 11.6 Å². The second-order valence-corrected chi connectivity index (χ2v) is 4.97. The second kappa shape index (κ2) is 6.63. The average Bonchev–Trinajstić information content (AvgIpc) is 2.44. The van der Waals surface area contributed by atoms with Crippen LogP contribution < -0.4 is 0 Å². The van der Waals surface area contributed by atoms with E-state index in [0.29, 0.717) is 5.56 Å². The van der Waals surface area contributed by atoms with Crippen LogP contribution in [0.5, 0.6) is 0 Å². The van der Waals surface area contributed by atoms with Gasteiger partial charge in [0.2, 0.25) is 0 Å². The lowest BCUT2D eigenvalue weighted by molar-refractivity contribution is -0.117. The summed E-state index contributed by atoms with van der Waals surface area (Å²) >= 11 is 0. The fraction of sp³-hybridized carbons (Fsp3) is 0.375. The zero-order chi connectivity index (χ0) is 15.2. The number of aryl methyl sites for hydroxylation is 1. The van der Waals surface area contributed by atoms with Crippen molar-refractivity contribution in [2.75, 3.05) is 0 Å². The first kappa shape index (κ1) is 15.6. The van der Waals surface area contributed by atoms with Crippen LogP contribution in [0.15, 0.2) is 24.3 Å². The van der Waals surface area contributed by atoms with Crippen molar-refractivity contribution in [3.8, 4) is 12.1 Å². The summed E-state index contributed by atoms with van der Waals surface area (Å²) in [6.07, 6.45) is 0.0333. The summed E-state index contributed by atoms with van der Waals surface area (Å²) in [5, 5.41) is 18.4. The Morgan fingerprint density at radius 2 is 1.70 bits per heavy atom. The van der Waals surface area contributed by atoms with E-state index in [1.165, 1.54) is 6.92 Å². The molecule has 0 spiro atoms. The van der Waals surface area contributed by atoms with E-state index < -0.39 is 5.41 Å². The number of ketones is 2. The topological polar surface area (TPSA) is 81.7 Å². The maximum absolute atomic E-state index is 12.1. The Kier molecular flexibility index (Phi) is 5.17. The normalized spacial score (nSPS) is 10.4. The maximum atomic E-state index is 12.1. The number of carbonyl (C=O) groups excluding carboxylic acids is 2. The van der Waals surface area contributed by atoms with E-state index in [1.807, 2.05) is 31.2 Å². The molecule has 1 aromatic rings. The summed E-state index contributed by atoms with van der Waals surface area (Å²) in [5.41, 5.74) is 0.0893. The quantitative estimate of drug-likeness (QED) is 0.742. The molecule has 0 aliphatic heterocycles. The van der Waals surface area contributed by atoms with Crippen LogP contribution in [0, 0.1) is 35.0 Å². The highest BCUT2D eigenvalue weighted by atomic mass is 16.1. The summed E-state index contributed by atoms with van der Waals surface area (Å²) in [6.45, 7) is 3.32. The molecule has 4 nitrogen and oxygen atoms in total. The van der Waals surface area contributed by atoms with Crippen LogP contribution in [0.25, 0.3) is 0 Å². The number of hydrogen-bond acceptors (Lipinski definition) is 4. The van der Waals surface area contributed by atoms with Crippen LogP contribution in [0.1, 0.15) is 42.1 Å². The van der Waals surface area contributed by atoms with Gasteiger partial charge in [0.15, 0.2) is 11.2 Å². The second-order valence-electron chi connectivity index (χ2n) is 4.97. The van der Waals surface area contributed by atoms with Gasteiger partial charge in [0.05, 0.1) is 12.1 Å². The van der Waals surface area contributed by atoms with Gasteiger partial charge in [-0.25, -0.2) is 0 Å². The fourth-order valence-electron chi connectivity index (χ4n) is 1.81. The average molecular weight is 268 g/mol. The Bertz CT molecular complexity index is 574. The van der Waals surface area contributed by atoms with Crippen LogP contribution in [-0.2, 0) is 4.79 Å². The number of carbonyl (C=O) groups is 2. The molecule has 0 aliphatic carbocycles. The third-order valence-electron chi connectivity index (χ3n) is 3.17. The highest BCUT2D eigenvalue weighted by Crippen LogP contribution is 2.28. The molecule has 0 amide bonds. The molecule has 0 saturated carbocycles. The number of nitriles is 2. The molecule has 0 atom stereocenters. The van der Waals surface area contributed by atoms with Gasteiger partial charge in [-0.1, -0.05) is 29.8 Å². The largest absolute Gasteiger partial charge is 0.300 e. The van der Waals surface area contributed by atoms with Crippen LogP contribution in [-0.4, -0.2) is 11.6 Å². The van der Waals surface area contributed by atoms with Gasteiger partial charge in [-0.15, -0.1) is 0 Å². The first-order chi connectivity index (χ1) is 9.42. The van der Waals surface area contributed by atoms with Crippen LogP contribution >= 0.6 is 0 Å². The molecule has 20 heavy (non-hydrogen) atoms. The van der Waals surface area contributed by atoms with Gasteiger partial charge < -0.3 is 4.79 Å². The lowest BCUT2D eigenvalue weighted by Gasteiger charge is -2.16. The van der Waals surface area contributed by atoms with E-state index in [2.05, 4.69) is 0 Å². The number of nitrogens with zero attached hydrogens (tertiary/aromatic N) is 2. The number of hydrogen-bond donors (Lipinski definition) is 0. The third-order valence-corrected chi connectivity index (χ3v) is 3.17. The molecule has 1 rings (SSSR count). The van der Waals surface area contributed by atoms with Crippen molar-refractivity contribution in [2.45, 2.75) is 33.1 Å². The molecular formula is C16H16N2O2. The predicted molar refractivity (Wildman–Crippen MR) is 73.7 cm³/mol. The Labute approximate surface area is 118 Å². The van der Waals surface area contributed by atoms with E-state index in [4.69, 9.17) is 0 Å². The Morgan fingerprint density at radius 1 is 1.15 bits per heavy atom. The van der Waals surface area contributed by atoms with Gasteiger partial charge >= 0.3 is 0 Å². The monoisotopic (exact) mass is 268 g/mol. The summed E-state index contributed by atoms with van der Waals surface area (Å²) < 4.78 is 0. The first-order valence-electron chi connectivity index (χ1n) is 6.34. The highest BCUT2D eigenvalue weighted by molar-refractivity contribution is 5.97. The van der Waals surface area contributed by atoms with Gasteiger partial charge in [-0.3, -0.25) is 4.79 Å². The predicted octanol–water partition coefficient (Wildman–Crippen LogP) is 2.97. The van der Waals surface area contributed by atoms with Crippen LogP contribution in [0.2, 0.25) is 0 Å². The summed E-state index contributed by atoms with van der Waals surface area (Å²) in [6, 6.07) is 10.8. The molecule has 0 heterocycles. The maximum Gasteiger partial charge on any atom is 0.165 e. The third kappa shape index (κ3) is 4.03. The molecule has 0 saturated heterocycles. The molecule has 0 aliphatic rings. The molecule has 0 N–H and O–H groups in total. The van der Waals surface area contributed by atoms with E-state index in [0.717, 1.165) is 5.56 Å². The van der Waals surface area contributed by atoms with Crippen molar-refractivity contribution in [2.24, 2.45) is 5.41 Å². The van der Waals surface area contributed by atoms with E-state index >= 15 is 0 Å². The SMILES string of the molecule is CC(=O)CCC(C#N)(C#N)CC(=O)c1ccc(C)cc1. The van der Waals surface area contributed by atoms with Crippen molar-refractivity contribution in [1.82, 2.24) is 0 Å². The number of rotatable bonds is 6. The fourth-order valence-corrected chi connectivity index (χ4v) is 1.81. The number of Topliss-reactive ketones (excluding diaryl/α,β-unsaturated/α-hetero) is 2. The summed E-state index contributed by atoms with van der Waals surface area (Å²) in [7, 11) is 0. The van der Waals surface area contributed by atoms with Crippen molar-refractivity contribution < 1.29 is 9.59 Å². The van der Waals surface area contributed by atoms with Gasteiger partial charge in [-0.2, -0.15) is 10.5 Å². The summed E-state index contributed by atoms with van der Waals surface area (Å²) in [4.78, 5) is 23.2. The number of benzene rings is 1. The smallest absolute Gasteiger partial charge is 0.165 e. The van der Waals surface area contributed by atoms with Gasteiger partial charge in [0, 0.05) is 18.4 Å². The zero-order valence-corrected chi connectivity index (χ0v) is 11.6. The van der Waals surface area contributed by atoms with E-state index in [-0.39, 0.29) is 30.8 Å². The van der Waals surface area contributed by atoms with Gasteiger partial charge in [-0.05, 0) is 20.3 Å². The van der Waals surface area contributed by atoms with Gasteiger partial charge in [0.1, 0.15) is 5.78 Å². The molecule has 0 aromatic heterocycles. The van der Waals surface area contributed by atoms with Crippen molar-refractivity contribution in [3.63, 3.8) is 0 Å². The lowest BCUT2D eigenvalue weighted by atomic mass is 9.80. The molecule has 0 radical (unpaired) electrons. The Morgan fingerprint density at radius 3 is 2.15 bits per heavy atom. The minimum absolute atomic E-state index is 0.0902. The lowest BCUT2D eigenvalue weighted by Crippen LogP contribution is -2.22. The first-order valence-corrected chi connectivity index (χ1v) is 6.34. The van der Waals surface area contributed by atoms with Gasteiger partial charge in [0.25, 0.3) is 0 Å². The minimum Gasteiger partial charge on any atom is -0.300 e. The molecule has 0 unspecified atom stereocenters. The molecule has 1 aromatic carbocycles. The molecule has 4 heteroatoms. The minimum atomic E-state index is -1.42. The molecular weight excluding hydrogens is 252 g/mol. The van der Waals surface area contributed by atoms with Crippen molar-refractivity contribution in [3.05, 3.63) is 35.4 Å². The van der Waals surface area contributed by atoms with E-state index in [1.54, 1.807) is 12.1 Å². The van der Waals surface area contributed by atoms with Crippen LogP contribution in [0.4, 0.5) is 0 Å². The van der Waals surface area contributed by atoms with Crippen molar-refractivity contribution in [1.29, 1.82) is 10.5 Å². The zero-order valence-electron chi connectivity index (χ0n) is 11.6. The Hall–Kier alpha value is -2.46. The standard InChI is InChI=1S/C16H16N2O2/c1-12-3-5-14(6-4-12)15(20)9-16(10-17,11-18)8-7-13(2)19/h3-6H,7-9H2,1-2H3.